The third kappa shape index (κ3) is 10.6. The van der Waals surface area contributed by atoms with Gasteiger partial charge in [0.15, 0.2) is 0 Å². The second kappa shape index (κ2) is 18.2. The summed E-state index contributed by atoms with van der Waals surface area (Å²) < 4.78 is 0. The van der Waals surface area contributed by atoms with Gasteiger partial charge in [-0.15, -0.1) is 0 Å². The highest BCUT2D eigenvalue weighted by atomic mass is 79.9. The lowest BCUT2D eigenvalue weighted by Gasteiger charge is -2.13. The van der Waals surface area contributed by atoms with Gasteiger partial charge in [-0.1, -0.05) is 41.9 Å². The molecule has 0 spiro atoms. The molecule has 0 fully saturated rings. The maximum absolute atomic E-state index is 12.4. The Bertz CT molecular complexity index is 1100. The van der Waals surface area contributed by atoms with Gasteiger partial charge in [-0.2, -0.15) is 0 Å². The van der Waals surface area contributed by atoms with Crippen LogP contribution in [0.25, 0.3) is 11.1 Å². The smallest absolute Gasteiger partial charge is 0.224 e. The van der Waals surface area contributed by atoms with Crippen molar-refractivity contribution in [1.29, 1.82) is 0 Å². The van der Waals surface area contributed by atoms with Crippen molar-refractivity contribution in [1.82, 2.24) is 10.6 Å². The lowest BCUT2D eigenvalue weighted by molar-refractivity contribution is -0.122. The molecule has 0 aliphatic heterocycles. The number of anilines is 2. The van der Waals surface area contributed by atoms with Gasteiger partial charge in [-0.05, 0) is 78.0 Å². The third-order valence-electron chi connectivity index (χ3n) is 6.65. The van der Waals surface area contributed by atoms with Crippen LogP contribution in [0, 0.1) is 0 Å². The molecule has 1 aliphatic carbocycles. The number of alkyl halides is 1. The molecular weight excluding hydrogens is 588 g/mol. The summed E-state index contributed by atoms with van der Waals surface area (Å²) in [6, 6.07) is 11.3. The third-order valence-corrected chi connectivity index (χ3v) is 6.65. The average Bonchev–Trinajstić information content (AvgIpc) is 3.27. The van der Waals surface area contributed by atoms with Crippen molar-refractivity contribution in [3.8, 4) is 11.1 Å². The summed E-state index contributed by atoms with van der Waals surface area (Å²) in [6.45, 7) is 5.14. The normalized spacial score (nSPS) is 11.4. The molecule has 9 nitrogen and oxygen atoms in total. The van der Waals surface area contributed by atoms with Crippen molar-refractivity contribution in [3.05, 3.63) is 47.5 Å². The van der Waals surface area contributed by atoms with Crippen LogP contribution in [-0.2, 0) is 19.2 Å². The van der Waals surface area contributed by atoms with Crippen LogP contribution < -0.4 is 21.3 Å². The van der Waals surface area contributed by atoms with Crippen LogP contribution in [-0.4, -0.2) is 54.3 Å². The zero-order valence-electron chi connectivity index (χ0n) is 24.3. The Kier molecular flexibility index (Phi) is 15.1. The topological polar surface area (TPSA) is 137 Å². The van der Waals surface area contributed by atoms with E-state index in [4.69, 9.17) is 0 Å². The number of fused-ring (bicyclic) bond motifs is 3. The summed E-state index contributed by atoms with van der Waals surface area (Å²) in [4.78, 5) is 48.3. The van der Waals surface area contributed by atoms with Gasteiger partial charge in [0.2, 0.25) is 23.6 Å². The number of hydrogen-bond donors (Lipinski definition) is 5. The molecule has 5 N–H and O–H groups in total. The first kappa shape index (κ1) is 34.0. The number of halogens is 1. The maximum atomic E-state index is 12.4. The van der Waals surface area contributed by atoms with Gasteiger partial charge in [0, 0.05) is 56.1 Å². The first-order valence-electron chi connectivity index (χ1n) is 14.3. The van der Waals surface area contributed by atoms with E-state index in [1.165, 1.54) is 0 Å². The van der Waals surface area contributed by atoms with Crippen LogP contribution in [0.5, 0.6) is 0 Å². The average molecular weight is 632 g/mol. The Morgan fingerprint density at radius 3 is 1.44 bits per heavy atom. The Balaban J connectivity index is 0.00000287. The zero-order chi connectivity index (χ0) is 30.2. The summed E-state index contributed by atoms with van der Waals surface area (Å²) >= 11 is 2.94. The van der Waals surface area contributed by atoms with Gasteiger partial charge in [0.25, 0.3) is 0 Å². The van der Waals surface area contributed by atoms with E-state index in [0.717, 1.165) is 35.1 Å². The first-order chi connectivity index (χ1) is 19.9. The highest BCUT2D eigenvalue weighted by Gasteiger charge is 2.29. The van der Waals surface area contributed by atoms with E-state index in [0.29, 0.717) is 50.1 Å². The van der Waals surface area contributed by atoms with Crippen molar-refractivity contribution >= 4 is 50.9 Å². The first-order valence-corrected chi connectivity index (χ1v) is 15.8. The number of carbonyl (C=O) groups excluding carboxylic acids is 4. The van der Waals surface area contributed by atoms with Crippen molar-refractivity contribution in [2.75, 3.05) is 36.2 Å². The predicted molar refractivity (Wildman–Crippen MR) is 167 cm³/mol. The molecule has 0 unspecified atom stereocenters. The van der Waals surface area contributed by atoms with Crippen LogP contribution in [0.4, 0.5) is 11.4 Å². The van der Waals surface area contributed by atoms with Crippen LogP contribution in [0.15, 0.2) is 36.4 Å². The summed E-state index contributed by atoms with van der Waals surface area (Å²) in [5, 5.41) is 21.6. The molecule has 2 aromatic rings. The fourth-order valence-corrected chi connectivity index (χ4v) is 4.68. The monoisotopic (exact) mass is 630 g/mol. The van der Waals surface area contributed by atoms with Crippen LogP contribution in [0.1, 0.15) is 82.3 Å². The Hall–Kier alpha value is -3.24. The summed E-state index contributed by atoms with van der Waals surface area (Å²) in [5.41, 5.74) is 5.04. The molecule has 10 heteroatoms. The molecule has 0 saturated heterocycles. The maximum Gasteiger partial charge on any atom is 0.224 e. The molecule has 0 saturated carbocycles. The van der Waals surface area contributed by atoms with Crippen molar-refractivity contribution < 1.29 is 24.3 Å². The summed E-state index contributed by atoms with van der Waals surface area (Å²) in [5.74, 6) is 1.11. The van der Waals surface area contributed by atoms with E-state index >= 15 is 0 Å². The van der Waals surface area contributed by atoms with E-state index in [9.17, 15) is 24.3 Å². The van der Waals surface area contributed by atoms with E-state index in [1.54, 1.807) is 0 Å². The second-order valence-electron chi connectivity index (χ2n) is 9.84. The number of rotatable bonds is 15. The minimum absolute atomic E-state index is 0.0453. The summed E-state index contributed by atoms with van der Waals surface area (Å²) in [6.07, 6.45) is 3.80. The Morgan fingerprint density at radius 2 is 1.07 bits per heavy atom. The molecule has 0 heterocycles. The molecule has 2 aromatic carbocycles. The van der Waals surface area contributed by atoms with Gasteiger partial charge in [-0.25, -0.2) is 0 Å². The SMILES string of the molecule is CBr.CCCNC(=O)CCCC(=O)Nc1ccc2c(c1)C(CO)c1cc(NC(=O)CCCC(=O)NCCC)ccc1-2. The molecule has 1 aliphatic rings. The Labute approximate surface area is 251 Å². The van der Waals surface area contributed by atoms with Gasteiger partial charge >= 0.3 is 0 Å². The molecule has 41 heavy (non-hydrogen) atoms. The van der Waals surface area contributed by atoms with Gasteiger partial charge in [0.1, 0.15) is 0 Å². The number of aliphatic hydroxyl groups excluding tert-OH is 1. The number of amides is 4. The van der Waals surface area contributed by atoms with Crippen molar-refractivity contribution in [2.24, 2.45) is 0 Å². The van der Waals surface area contributed by atoms with Crippen molar-refractivity contribution in [3.63, 3.8) is 0 Å². The standard InChI is InChI=1S/C30H40N4O5.CH3Br/c1-3-15-31-27(36)7-5-9-29(38)33-20-11-13-22-23-14-12-21(18-25(23)26(19-35)24(22)17-20)34-30(39)10-6-8-28(37)32-16-4-2;1-2/h11-14,17-18,26,35H,3-10,15-16,19H2,1-2H3,(H,31,36)(H,32,37)(H,33,38)(H,34,39);1H3. The number of hydrogen-bond acceptors (Lipinski definition) is 5. The lowest BCUT2D eigenvalue weighted by atomic mass is 9.97. The van der Waals surface area contributed by atoms with Gasteiger partial charge in [0.05, 0.1) is 6.61 Å². The molecule has 4 amide bonds. The van der Waals surface area contributed by atoms with E-state index < -0.39 is 0 Å². The van der Waals surface area contributed by atoms with Gasteiger partial charge < -0.3 is 26.4 Å². The quantitative estimate of drug-likeness (QED) is 0.175. The van der Waals surface area contributed by atoms with Crippen LogP contribution >= 0.6 is 15.9 Å². The van der Waals surface area contributed by atoms with Gasteiger partial charge in [-0.3, -0.25) is 19.2 Å². The van der Waals surface area contributed by atoms with E-state index in [-0.39, 0.29) is 49.0 Å². The Morgan fingerprint density at radius 1 is 0.683 bits per heavy atom. The van der Waals surface area contributed by atoms with E-state index in [1.807, 2.05) is 56.1 Å². The minimum Gasteiger partial charge on any atom is -0.395 e. The minimum atomic E-state index is -0.284. The fraction of sp³-hybridized carbons (Fsp3) is 0.484. The van der Waals surface area contributed by atoms with Crippen molar-refractivity contribution in [2.45, 2.75) is 71.1 Å². The van der Waals surface area contributed by atoms with Crippen LogP contribution in [0.2, 0.25) is 0 Å². The number of benzene rings is 2. The summed E-state index contributed by atoms with van der Waals surface area (Å²) in [7, 11) is 0. The molecule has 0 radical (unpaired) electrons. The second-order valence-corrected chi connectivity index (χ2v) is 9.84. The number of nitrogens with one attached hydrogen (secondary N) is 4. The number of aliphatic hydroxyl groups is 1. The van der Waals surface area contributed by atoms with E-state index in [2.05, 4.69) is 37.2 Å². The molecule has 3 rings (SSSR count). The zero-order valence-corrected chi connectivity index (χ0v) is 25.9. The number of carbonyl (C=O) groups is 4. The largest absolute Gasteiger partial charge is 0.395 e. The molecule has 224 valence electrons. The molecule has 0 atom stereocenters. The lowest BCUT2D eigenvalue weighted by Crippen LogP contribution is -2.24. The molecular formula is C31H43BrN4O5. The highest BCUT2D eigenvalue weighted by Crippen LogP contribution is 2.46. The van der Waals surface area contributed by atoms with Crippen LogP contribution in [0.3, 0.4) is 0 Å². The molecule has 0 aromatic heterocycles. The fourth-order valence-electron chi connectivity index (χ4n) is 4.68. The molecule has 0 bridgehead atoms. The predicted octanol–water partition coefficient (Wildman–Crippen LogP) is 5.07. The highest BCUT2D eigenvalue weighted by molar-refractivity contribution is 9.08.